The fraction of sp³-hybridized carbons (Fsp3) is 0.735. The van der Waals surface area contributed by atoms with Crippen LogP contribution in [0.15, 0.2) is 77.4 Å². The lowest BCUT2D eigenvalue weighted by molar-refractivity contribution is -0.000859. The van der Waals surface area contributed by atoms with E-state index in [1.807, 2.05) is 5.57 Å². The Morgan fingerprint density at radius 1 is 0.660 bits per heavy atom. The third kappa shape index (κ3) is 7.74. The molecule has 0 amide bonds. The Labute approximate surface area is 307 Å². The third-order valence-corrected chi connectivity index (χ3v) is 16.4. The molecule has 7 aliphatic carbocycles. The average Bonchev–Trinajstić information content (AvgIpc) is 3.73. The topological polar surface area (TPSA) is 12.4 Å². The zero-order valence-corrected chi connectivity index (χ0v) is 31.8. The summed E-state index contributed by atoms with van der Waals surface area (Å²) >= 11 is 0. The molecule has 8 rings (SSSR count). The molecule has 0 spiro atoms. The van der Waals surface area contributed by atoms with E-state index in [9.17, 15) is 0 Å². The zero-order chi connectivity index (χ0) is 33.7. The van der Waals surface area contributed by atoms with E-state index in [2.05, 4.69) is 80.0 Å². The van der Waals surface area contributed by atoms with E-state index in [4.69, 9.17) is 4.99 Å². The highest BCUT2D eigenvalue weighted by Crippen LogP contribution is 2.57. The van der Waals surface area contributed by atoms with Crippen molar-refractivity contribution < 1.29 is 0 Å². The summed E-state index contributed by atoms with van der Waals surface area (Å²) in [6, 6.07) is 0. The first-order chi connectivity index (χ1) is 24.8. The van der Waals surface area contributed by atoms with Crippen LogP contribution in [0.25, 0.3) is 0 Å². The summed E-state index contributed by atoms with van der Waals surface area (Å²) in [6.07, 6.45) is 58.6. The van der Waals surface area contributed by atoms with Crippen molar-refractivity contribution in [3.05, 3.63) is 72.4 Å². The number of fused-ring (bicyclic) bond motifs is 2. The van der Waals surface area contributed by atoms with E-state index in [-0.39, 0.29) is 0 Å². The molecule has 1 heteroatoms. The van der Waals surface area contributed by atoms with Gasteiger partial charge in [-0.15, -0.1) is 0 Å². The summed E-state index contributed by atoms with van der Waals surface area (Å²) in [4.78, 5) is 4.69. The molecule has 1 aliphatic heterocycles. The van der Waals surface area contributed by atoms with Gasteiger partial charge in [-0.2, -0.15) is 0 Å². The highest BCUT2D eigenvalue weighted by atomic mass is 14.7. The summed E-state index contributed by atoms with van der Waals surface area (Å²) in [5.74, 6) is 12.2. The monoisotopic (exact) mass is 674 g/mol. The first-order valence-electron chi connectivity index (χ1n) is 22.2. The minimum atomic E-state index is 0.723. The third-order valence-electron chi connectivity index (χ3n) is 16.4. The molecule has 0 N–H and O–H groups in total. The van der Waals surface area contributed by atoms with Gasteiger partial charge >= 0.3 is 0 Å². The van der Waals surface area contributed by atoms with Crippen molar-refractivity contribution in [2.24, 2.45) is 87.8 Å². The second kappa shape index (κ2) is 16.8. The van der Waals surface area contributed by atoms with Crippen molar-refractivity contribution in [1.82, 2.24) is 0 Å². The van der Waals surface area contributed by atoms with Gasteiger partial charge in [0.2, 0.25) is 0 Å². The van der Waals surface area contributed by atoms with Gasteiger partial charge in [0.05, 0.1) is 0 Å². The van der Waals surface area contributed by atoms with E-state index in [1.165, 1.54) is 128 Å². The molecule has 0 aromatic heterocycles. The van der Waals surface area contributed by atoms with Crippen LogP contribution in [0, 0.1) is 82.9 Å². The van der Waals surface area contributed by atoms with Gasteiger partial charge in [0.15, 0.2) is 0 Å². The number of hydrogen-bond donors (Lipinski definition) is 0. The van der Waals surface area contributed by atoms with Crippen molar-refractivity contribution in [3.8, 4) is 0 Å². The molecule has 0 aromatic rings. The largest absolute Gasteiger partial charge is 0.297 e. The lowest BCUT2D eigenvalue weighted by Gasteiger charge is -2.53. The van der Waals surface area contributed by atoms with Crippen molar-refractivity contribution >= 4 is 6.21 Å². The number of nitrogens with zero attached hydrogens (tertiary/aromatic N) is 1. The molecule has 3 saturated carbocycles. The molecule has 0 aromatic carbocycles. The van der Waals surface area contributed by atoms with E-state index < -0.39 is 0 Å². The van der Waals surface area contributed by atoms with Crippen LogP contribution in [0.3, 0.4) is 0 Å². The Morgan fingerprint density at radius 2 is 1.44 bits per heavy atom. The highest BCUT2D eigenvalue weighted by molar-refractivity contribution is 5.63. The van der Waals surface area contributed by atoms with Gasteiger partial charge in [0, 0.05) is 18.7 Å². The quantitative estimate of drug-likeness (QED) is 0.205. The molecule has 272 valence electrons. The standard InChI is InChI=1S/C49H71N/c1-2-36(33-40(37-15-7-4-8-16-37)22-21-35-13-5-3-6-14-35)38-23-25-39(26-24-38)42-27-29-48(46-19-11-9-17-44(42)46)49-30-28-43(41-31-32-50-34-41)45-18-10-12-20-47(45)49/h2-7,11,13,19,28,30,34-35,37-49H,8-10,12,14-18,20-27,29,31-33H2,1H3/b36-2+. The summed E-state index contributed by atoms with van der Waals surface area (Å²) in [5.41, 5.74) is 1.84. The molecule has 12 atom stereocenters. The fourth-order valence-corrected chi connectivity index (χ4v) is 13.8. The molecule has 1 nitrogen and oxygen atoms in total. The van der Waals surface area contributed by atoms with Gasteiger partial charge in [0.1, 0.15) is 0 Å². The maximum absolute atomic E-state index is 4.69. The number of hydrogen-bond acceptors (Lipinski definition) is 1. The Bertz CT molecular complexity index is 1310. The lowest BCUT2D eigenvalue weighted by Crippen LogP contribution is -2.46. The van der Waals surface area contributed by atoms with Gasteiger partial charge in [-0.25, -0.2) is 0 Å². The van der Waals surface area contributed by atoms with Crippen LogP contribution < -0.4 is 0 Å². The van der Waals surface area contributed by atoms with Crippen LogP contribution >= 0.6 is 0 Å². The van der Waals surface area contributed by atoms with Gasteiger partial charge < -0.3 is 0 Å². The van der Waals surface area contributed by atoms with Crippen molar-refractivity contribution in [2.75, 3.05) is 6.54 Å². The minimum Gasteiger partial charge on any atom is -0.297 e. The van der Waals surface area contributed by atoms with E-state index >= 15 is 0 Å². The summed E-state index contributed by atoms with van der Waals surface area (Å²) < 4.78 is 0. The molecule has 0 saturated heterocycles. The Balaban J connectivity index is 0.900. The normalized spacial score (nSPS) is 43.5. The number of aliphatic imine (C=N–C) groups is 1. The molecule has 1 heterocycles. The zero-order valence-electron chi connectivity index (χ0n) is 31.8. The van der Waals surface area contributed by atoms with E-state index in [0.717, 1.165) is 89.4 Å². The second-order valence-electron chi connectivity index (χ2n) is 18.7. The van der Waals surface area contributed by atoms with Gasteiger partial charge in [-0.1, -0.05) is 85.3 Å². The molecule has 50 heavy (non-hydrogen) atoms. The van der Waals surface area contributed by atoms with Gasteiger partial charge in [0.25, 0.3) is 0 Å². The smallest absolute Gasteiger partial charge is 0.0391 e. The van der Waals surface area contributed by atoms with Crippen LogP contribution in [0.5, 0.6) is 0 Å². The molecule has 0 bridgehead atoms. The van der Waals surface area contributed by atoms with Crippen LogP contribution in [-0.2, 0) is 0 Å². The van der Waals surface area contributed by atoms with Crippen LogP contribution in [-0.4, -0.2) is 12.8 Å². The van der Waals surface area contributed by atoms with E-state index in [1.54, 1.807) is 0 Å². The molecule has 12 unspecified atom stereocenters. The number of allylic oxidation sites excluding steroid dienone is 12. The molecular formula is C49H71N. The first kappa shape index (κ1) is 35.2. The Hall–Kier alpha value is -1.89. The van der Waals surface area contributed by atoms with Crippen molar-refractivity contribution in [1.29, 1.82) is 0 Å². The maximum atomic E-state index is 4.69. The summed E-state index contributed by atoms with van der Waals surface area (Å²) in [5, 5.41) is 0. The van der Waals surface area contributed by atoms with E-state index in [0.29, 0.717) is 0 Å². The van der Waals surface area contributed by atoms with Crippen LogP contribution in [0.1, 0.15) is 135 Å². The molecule has 0 radical (unpaired) electrons. The summed E-state index contributed by atoms with van der Waals surface area (Å²) in [7, 11) is 0. The Morgan fingerprint density at radius 3 is 2.20 bits per heavy atom. The molecule has 3 fully saturated rings. The first-order valence-corrected chi connectivity index (χ1v) is 22.2. The van der Waals surface area contributed by atoms with Crippen LogP contribution in [0.2, 0.25) is 0 Å². The fourth-order valence-electron chi connectivity index (χ4n) is 13.8. The SMILES string of the molecule is C/C=C(\CC(CCC1C=CC=CC1)C1CC=CCC1)C1CCC(C2CCC(C3C=CC(C4C=NCC4)C4CCCCC34)C3C=CCCC32)CC1. The number of rotatable bonds is 10. The maximum Gasteiger partial charge on any atom is 0.0391 e. The summed E-state index contributed by atoms with van der Waals surface area (Å²) in [6.45, 7) is 3.45. The van der Waals surface area contributed by atoms with Gasteiger partial charge in [-0.3, -0.25) is 4.99 Å². The second-order valence-corrected chi connectivity index (χ2v) is 18.7. The van der Waals surface area contributed by atoms with Crippen LogP contribution in [0.4, 0.5) is 0 Å². The average molecular weight is 674 g/mol. The molecule has 8 aliphatic rings. The van der Waals surface area contributed by atoms with Crippen molar-refractivity contribution in [2.45, 2.75) is 135 Å². The van der Waals surface area contributed by atoms with Crippen molar-refractivity contribution in [3.63, 3.8) is 0 Å². The Kier molecular flexibility index (Phi) is 11.8. The lowest BCUT2D eigenvalue weighted by atomic mass is 9.51. The predicted octanol–water partition coefficient (Wildman–Crippen LogP) is 13.3. The highest BCUT2D eigenvalue weighted by Gasteiger charge is 2.49. The van der Waals surface area contributed by atoms with Gasteiger partial charge in [-0.05, 0) is 199 Å². The minimum absolute atomic E-state index is 0.723. The molecular weight excluding hydrogens is 603 g/mol. The predicted molar refractivity (Wildman–Crippen MR) is 214 cm³/mol.